The number of aromatic nitrogens is 3. The first-order chi connectivity index (χ1) is 14.8. The Morgan fingerprint density at radius 2 is 1.70 bits per heavy atom. The molecule has 0 aliphatic heterocycles. The minimum absolute atomic E-state index is 0.760. The SMILES string of the molecule is CCCCOc1ccc(-c2nnc(SCc3cccc4ccccc34)n2CC)cc1. The molecule has 3 aromatic carbocycles. The summed E-state index contributed by atoms with van der Waals surface area (Å²) in [7, 11) is 0. The maximum Gasteiger partial charge on any atom is 0.191 e. The Kier molecular flexibility index (Phi) is 6.70. The first-order valence-corrected chi connectivity index (χ1v) is 11.5. The Morgan fingerprint density at radius 1 is 0.900 bits per heavy atom. The molecule has 154 valence electrons. The molecular weight excluding hydrogens is 390 g/mol. The number of rotatable bonds is 9. The van der Waals surface area contributed by atoms with Gasteiger partial charge in [0.15, 0.2) is 11.0 Å². The molecule has 0 saturated carbocycles. The molecule has 1 aromatic heterocycles. The first-order valence-electron chi connectivity index (χ1n) is 10.6. The highest BCUT2D eigenvalue weighted by atomic mass is 32.2. The normalized spacial score (nSPS) is 11.1. The molecule has 1 heterocycles. The number of unbranched alkanes of at least 4 members (excludes halogenated alkanes) is 1. The summed E-state index contributed by atoms with van der Waals surface area (Å²) >= 11 is 1.74. The Bertz CT molecular complexity index is 1100. The van der Waals surface area contributed by atoms with Crippen LogP contribution in [0, 0.1) is 0 Å². The summed E-state index contributed by atoms with van der Waals surface area (Å²) in [5.41, 5.74) is 2.38. The lowest BCUT2D eigenvalue weighted by molar-refractivity contribution is 0.309. The van der Waals surface area contributed by atoms with E-state index >= 15 is 0 Å². The van der Waals surface area contributed by atoms with E-state index in [1.54, 1.807) is 11.8 Å². The molecule has 0 aliphatic carbocycles. The molecule has 0 spiro atoms. The summed E-state index contributed by atoms with van der Waals surface area (Å²) in [6.45, 7) is 5.89. The predicted molar refractivity (Wildman–Crippen MR) is 125 cm³/mol. The summed E-state index contributed by atoms with van der Waals surface area (Å²) in [4.78, 5) is 0. The van der Waals surface area contributed by atoms with Gasteiger partial charge >= 0.3 is 0 Å². The Labute approximate surface area is 182 Å². The molecule has 0 radical (unpaired) electrons. The maximum absolute atomic E-state index is 5.77. The van der Waals surface area contributed by atoms with E-state index in [1.165, 1.54) is 16.3 Å². The summed E-state index contributed by atoms with van der Waals surface area (Å²) in [5, 5.41) is 12.5. The number of fused-ring (bicyclic) bond motifs is 1. The van der Waals surface area contributed by atoms with Crippen LogP contribution in [-0.2, 0) is 12.3 Å². The van der Waals surface area contributed by atoms with Gasteiger partial charge in [-0.25, -0.2) is 0 Å². The molecule has 4 rings (SSSR count). The first kappa shape index (κ1) is 20.5. The van der Waals surface area contributed by atoms with Crippen molar-refractivity contribution < 1.29 is 4.74 Å². The monoisotopic (exact) mass is 417 g/mol. The average Bonchev–Trinajstić information content (AvgIpc) is 3.21. The molecule has 0 amide bonds. The van der Waals surface area contributed by atoms with E-state index in [4.69, 9.17) is 4.74 Å². The van der Waals surface area contributed by atoms with Gasteiger partial charge in [0, 0.05) is 17.9 Å². The van der Waals surface area contributed by atoms with Crippen LogP contribution in [0.2, 0.25) is 0 Å². The van der Waals surface area contributed by atoms with Crippen LogP contribution in [0.4, 0.5) is 0 Å². The fourth-order valence-corrected chi connectivity index (χ4v) is 4.50. The number of hydrogen-bond donors (Lipinski definition) is 0. The molecule has 0 aliphatic rings. The van der Waals surface area contributed by atoms with Crippen molar-refractivity contribution in [2.45, 2.75) is 44.1 Å². The van der Waals surface area contributed by atoms with Gasteiger partial charge in [0.25, 0.3) is 0 Å². The number of benzene rings is 3. The molecular formula is C25H27N3OS. The van der Waals surface area contributed by atoms with Crippen LogP contribution in [0.15, 0.2) is 71.9 Å². The number of hydrogen-bond acceptors (Lipinski definition) is 4. The van der Waals surface area contributed by atoms with Gasteiger partial charge in [-0.05, 0) is 53.9 Å². The molecule has 4 aromatic rings. The molecule has 4 nitrogen and oxygen atoms in total. The van der Waals surface area contributed by atoms with Crippen molar-refractivity contribution in [2.24, 2.45) is 0 Å². The van der Waals surface area contributed by atoms with Crippen LogP contribution in [0.1, 0.15) is 32.3 Å². The quantitative estimate of drug-likeness (QED) is 0.227. The van der Waals surface area contributed by atoms with Crippen LogP contribution in [-0.4, -0.2) is 21.4 Å². The third-order valence-corrected chi connectivity index (χ3v) is 6.16. The van der Waals surface area contributed by atoms with E-state index in [0.717, 1.165) is 54.0 Å². The number of nitrogens with zero attached hydrogens (tertiary/aromatic N) is 3. The fraction of sp³-hybridized carbons (Fsp3) is 0.280. The van der Waals surface area contributed by atoms with Crippen molar-refractivity contribution in [2.75, 3.05) is 6.61 Å². The standard InChI is InChI=1S/C25H27N3OS/c1-3-5-17-29-22-15-13-20(14-16-22)24-26-27-25(28(24)4-2)30-18-21-11-8-10-19-9-6-7-12-23(19)21/h6-16H,3-5,17-18H2,1-2H3. The fourth-order valence-electron chi connectivity index (χ4n) is 3.49. The average molecular weight is 418 g/mol. The molecule has 0 atom stereocenters. The van der Waals surface area contributed by atoms with Crippen molar-refractivity contribution in [3.8, 4) is 17.1 Å². The predicted octanol–water partition coefficient (Wildman–Crippen LogP) is 6.59. The molecule has 0 saturated heterocycles. The molecule has 5 heteroatoms. The summed E-state index contributed by atoms with van der Waals surface area (Å²) < 4.78 is 7.96. The van der Waals surface area contributed by atoms with Crippen molar-refractivity contribution in [1.29, 1.82) is 0 Å². The van der Waals surface area contributed by atoms with Crippen molar-refractivity contribution in [3.05, 3.63) is 72.3 Å². The Balaban J connectivity index is 1.51. The zero-order valence-electron chi connectivity index (χ0n) is 17.5. The Morgan fingerprint density at radius 3 is 2.50 bits per heavy atom. The van der Waals surface area contributed by atoms with E-state index in [2.05, 4.69) is 83.2 Å². The minimum atomic E-state index is 0.760. The van der Waals surface area contributed by atoms with E-state index in [9.17, 15) is 0 Å². The van der Waals surface area contributed by atoms with Gasteiger partial charge in [-0.15, -0.1) is 10.2 Å². The van der Waals surface area contributed by atoms with E-state index in [1.807, 2.05) is 12.1 Å². The summed E-state index contributed by atoms with van der Waals surface area (Å²) in [5.74, 6) is 2.67. The van der Waals surface area contributed by atoms with Crippen LogP contribution < -0.4 is 4.74 Å². The van der Waals surface area contributed by atoms with Crippen LogP contribution in [0.25, 0.3) is 22.2 Å². The highest BCUT2D eigenvalue weighted by Crippen LogP contribution is 2.29. The van der Waals surface area contributed by atoms with Gasteiger partial charge in [0.2, 0.25) is 0 Å². The highest BCUT2D eigenvalue weighted by molar-refractivity contribution is 7.98. The van der Waals surface area contributed by atoms with Gasteiger partial charge < -0.3 is 9.30 Å². The van der Waals surface area contributed by atoms with E-state index in [0.29, 0.717) is 0 Å². The lowest BCUT2D eigenvalue weighted by Gasteiger charge is -2.10. The van der Waals surface area contributed by atoms with E-state index < -0.39 is 0 Å². The van der Waals surface area contributed by atoms with Gasteiger partial charge in [-0.1, -0.05) is 67.6 Å². The third-order valence-electron chi connectivity index (χ3n) is 5.15. The van der Waals surface area contributed by atoms with Crippen molar-refractivity contribution in [3.63, 3.8) is 0 Å². The smallest absolute Gasteiger partial charge is 0.191 e. The lowest BCUT2D eigenvalue weighted by Crippen LogP contribution is -2.00. The second-order valence-corrected chi connectivity index (χ2v) is 8.15. The van der Waals surface area contributed by atoms with Gasteiger partial charge in [0.1, 0.15) is 5.75 Å². The third kappa shape index (κ3) is 4.51. The summed E-state index contributed by atoms with van der Waals surface area (Å²) in [6, 6.07) is 23.2. The number of thioether (sulfide) groups is 1. The zero-order chi connectivity index (χ0) is 20.8. The second-order valence-electron chi connectivity index (χ2n) is 7.20. The van der Waals surface area contributed by atoms with Crippen LogP contribution in [0.5, 0.6) is 5.75 Å². The van der Waals surface area contributed by atoms with Gasteiger partial charge in [0.05, 0.1) is 6.61 Å². The lowest BCUT2D eigenvalue weighted by atomic mass is 10.1. The second kappa shape index (κ2) is 9.81. The van der Waals surface area contributed by atoms with Gasteiger partial charge in [-0.3, -0.25) is 0 Å². The van der Waals surface area contributed by atoms with Crippen molar-refractivity contribution >= 4 is 22.5 Å². The number of ether oxygens (including phenoxy) is 1. The van der Waals surface area contributed by atoms with Crippen LogP contribution >= 0.6 is 11.8 Å². The molecule has 0 bridgehead atoms. The highest BCUT2D eigenvalue weighted by Gasteiger charge is 2.14. The molecule has 0 fully saturated rings. The molecule has 30 heavy (non-hydrogen) atoms. The maximum atomic E-state index is 5.77. The minimum Gasteiger partial charge on any atom is -0.494 e. The van der Waals surface area contributed by atoms with E-state index in [-0.39, 0.29) is 0 Å². The van der Waals surface area contributed by atoms with Crippen molar-refractivity contribution in [1.82, 2.24) is 14.8 Å². The largest absolute Gasteiger partial charge is 0.494 e. The zero-order valence-corrected chi connectivity index (χ0v) is 18.4. The summed E-state index contributed by atoms with van der Waals surface area (Å²) in [6.07, 6.45) is 2.21. The van der Waals surface area contributed by atoms with Crippen LogP contribution in [0.3, 0.4) is 0 Å². The molecule has 0 unspecified atom stereocenters. The Hall–Kier alpha value is -2.79. The topological polar surface area (TPSA) is 39.9 Å². The van der Waals surface area contributed by atoms with Gasteiger partial charge in [-0.2, -0.15) is 0 Å². The molecule has 0 N–H and O–H groups in total.